The van der Waals surface area contributed by atoms with Crippen LogP contribution in [0.4, 0.5) is 0 Å². The maximum atomic E-state index is 12.9. The monoisotopic (exact) mass is 1110 g/mol. The third kappa shape index (κ3) is 66.1. The summed E-state index contributed by atoms with van der Waals surface area (Å²) in [6.07, 6.45) is 85.7. The fourth-order valence-electron chi connectivity index (χ4n) is 10.5. The van der Waals surface area contributed by atoms with Gasteiger partial charge in [-0.2, -0.15) is 0 Å². The lowest BCUT2D eigenvalue weighted by atomic mass is 10.0. The van der Waals surface area contributed by atoms with Crippen molar-refractivity contribution in [3.63, 3.8) is 0 Å². The Hall–Kier alpha value is -2.63. The standard InChI is InChI=1S/C73H134O6/c1-4-7-10-13-16-19-22-25-28-31-32-33-34-35-36-37-38-39-40-41-43-45-48-51-54-57-60-63-66-72(75)78-69-70(68-77-71(74)65-62-59-56-53-50-47-44-30-27-24-21-18-15-12-9-6-3)79-73(76)67-64-61-58-55-52-49-46-42-29-26-23-20-17-14-11-8-5-2/h17,20-21,24,26,29-30,44,70H,4-16,18-19,22-23,25,27-28,31-43,45-69H2,1-3H3/b20-17-,24-21-,29-26-,44-30-. The normalized spacial score (nSPS) is 12.3. The van der Waals surface area contributed by atoms with Crippen molar-refractivity contribution < 1.29 is 28.6 Å². The van der Waals surface area contributed by atoms with Gasteiger partial charge in [-0.1, -0.05) is 326 Å². The fraction of sp³-hybridized carbons (Fsp3) is 0.849. The Labute approximate surface area is 492 Å². The van der Waals surface area contributed by atoms with Crippen molar-refractivity contribution in [1.29, 1.82) is 0 Å². The predicted molar refractivity (Wildman–Crippen MR) is 344 cm³/mol. The van der Waals surface area contributed by atoms with E-state index in [0.717, 1.165) is 89.9 Å². The molecule has 0 saturated heterocycles. The third-order valence-electron chi connectivity index (χ3n) is 15.8. The van der Waals surface area contributed by atoms with Gasteiger partial charge in [-0.15, -0.1) is 0 Å². The number of ether oxygens (including phenoxy) is 3. The molecule has 462 valence electrons. The summed E-state index contributed by atoms with van der Waals surface area (Å²) in [5, 5.41) is 0. The average Bonchev–Trinajstić information content (AvgIpc) is 3.45. The molecule has 0 N–H and O–H groups in total. The zero-order valence-corrected chi connectivity index (χ0v) is 53.2. The van der Waals surface area contributed by atoms with E-state index in [1.807, 2.05) is 0 Å². The molecule has 0 bridgehead atoms. The summed E-state index contributed by atoms with van der Waals surface area (Å²) in [6, 6.07) is 0. The first-order valence-electron chi connectivity index (χ1n) is 35.1. The van der Waals surface area contributed by atoms with Gasteiger partial charge in [0.1, 0.15) is 13.2 Å². The van der Waals surface area contributed by atoms with E-state index in [9.17, 15) is 14.4 Å². The molecule has 79 heavy (non-hydrogen) atoms. The second-order valence-electron chi connectivity index (χ2n) is 23.8. The number of carbonyl (C=O) groups is 3. The molecule has 0 radical (unpaired) electrons. The summed E-state index contributed by atoms with van der Waals surface area (Å²) >= 11 is 0. The lowest BCUT2D eigenvalue weighted by molar-refractivity contribution is -0.167. The van der Waals surface area contributed by atoms with Crippen molar-refractivity contribution >= 4 is 17.9 Å². The van der Waals surface area contributed by atoms with Crippen molar-refractivity contribution in [2.75, 3.05) is 13.2 Å². The van der Waals surface area contributed by atoms with Crippen molar-refractivity contribution in [1.82, 2.24) is 0 Å². The first-order valence-corrected chi connectivity index (χ1v) is 35.1. The SMILES string of the molecule is CCCCC/C=C\C/C=C\CCCCCCCCCC(=O)OC(COC(=O)CCCCCCC/C=C\C/C=C\CCCCCC)COC(=O)CCCCCCCCCCCCCCCCCCCCCCCCCCCCCC. The first kappa shape index (κ1) is 76.4. The minimum Gasteiger partial charge on any atom is -0.462 e. The zero-order chi connectivity index (χ0) is 57.1. The molecule has 0 heterocycles. The van der Waals surface area contributed by atoms with Gasteiger partial charge in [-0.3, -0.25) is 14.4 Å². The van der Waals surface area contributed by atoms with Gasteiger partial charge in [0, 0.05) is 19.3 Å². The van der Waals surface area contributed by atoms with Crippen molar-refractivity contribution in [2.24, 2.45) is 0 Å². The van der Waals surface area contributed by atoms with Gasteiger partial charge in [0.05, 0.1) is 0 Å². The molecule has 6 nitrogen and oxygen atoms in total. The van der Waals surface area contributed by atoms with E-state index in [0.29, 0.717) is 19.3 Å². The molecule has 0 fully saturated rings. The van der Waals surface area contributed by atoms with Crippen LogP contribution in [0.25, 0.3) is 0 Å². The molecule has 0 aromatic rings. The van der Waals surface area contributed by atoms with Crippen LogP contribution in [0.1, 0.15) is 380 Å². The second-order valence-corrected chi connectivity index (χ2v) is 23.8. The van der Waals surface area contributed by atoms with E-state index < -0.39 is 6.10 Å². The first-order chi connectivity index (χ1) is 39.0. The van der Waals surface area contributed by atoms with Gasteiger partial charge in [-0.05, 0) is 83.5 Å². The molecule has 0 amide bonds. The van der Waals surface area contributed by atoms with Gasteiger partial charge < -0.3 is 14.2 Å². The van der Waals surface area contributed by atoms with Gasteiger partial charge in [0.15, 0.2) is 6.10 Å². The second kappa shape index (κ2) is 67.9. The highest BCUT2D eigenvalue weighted by Gasteiger charge is 2.19. The maximum absolute atomic E-state index is 12.9. The molecular weight excluding hydrogens is 973 g/mol. The fourth-order valence-corrected chi connectivity index (χ4v) is 10.5. The molecule has 0 aliphatic heterocycles. The van der Waals surface area contributed by atoms with E-state index in [1.165, 1.54) is 250 Å². The van der Waals surface area contributed by atoms with E-state index >= 15 is 0 Å². The van der Waals surface area contributed by atoms with Crippen molar-refractivity contribution in [3.8, 4) is 0 Å². The summed E-state index contributed by atoms with van der Waals surface area (Å²) in [4.78, 5) is 38.4. The van der Waals surface area contributed by atoms with Crippen molar-refractivity contribution in [2.45, 2.75) is 386 Å². The smallest absolute Gasteiger partial charge is 0.306 e. The quantitative estimate of drug-likeness (QED) is 0.0261. The molecule has 0 aliphatic rings. The Kier molecular flexibility index (Phi) is 65.6. The molecule has 1 unspecified atom stereocenters. The van der Waals surface area contributed by atoms with E-state index in [2.05, 4.69) is 69.4 Å². The van der Waals surface area contributed by atoms with Crippen LogP contribution >= 0.6 is 0 Å². The number of esters is 3. The van der Waals surface area contributed by atoms with Gasteiger partial charge in [0.25, 0.3) is 0 Å². The van der Waals surface area contributed by atoms with Crippen LogP contribution in [-0.4, -0.2) is 37.2 Å². The molecule has 0 saturated carbocycles. The topological polar surface area (TPSA) is 78.9 Å². The highest BCUT2D eigenvalue weighted by Crippen LogP contribution is 2.18. The predicted octanol–water partition coefficient (Wildman–Crippen LogP) is 24.1. The van der Waals surface area contributed by atoms with E-state index in [-0.39, 0.29) is 31.1 Å². The van der Waals surface area contributed by atoms with Crippen LogP contribution < -0.4 is 0 Å². The molecule has 6 heteroatoms. The maximum Gasteiger partial charge on any atom is 0.306 e. The molecule has 0 spiro atoms. The Balaban J connectivity index is 4.24. The van der Waals surface area contributed by atoms with Crippen LogP contribution in [0.15, 0.2) is 48.6 Å². The van der Waals surface area contributed by atoms with Gasteiger partial charge in [-0.25, -0.2) is 0 Å². The summed E-state index contributed by atoms with van der Waals surface area (Å²) in [5.41, 5.74) is 0. The van der Waals surface area contributed by atoms with Crippen LogP contribution in [0.5, 0.6) is 0 Å². The Morgan fingerprint density at radius 3 is 0.734 bits per heavy atom. The van der Waals surface area contributed by atoms with Crippen molar-refractivity contribution in [3.05, 3.63) is 48.6 Å². The minimum atomic E-state index is -0.783. The molecule has 1 atom stereocenters. The molecule has 0 rings (SSSR count). The molecule has 0 aromatic carbocycles. The van der Waals surface area contributed by atoms with Crippen LogP contribution in [0, 0.1) is 0 Å². The summed E-state index contributed by atoms with van der Waals surface area (Å²) in [5.74, 6) is -0.875. The summed E-state index contributed by atoms with van der Waals surface area (Å²) < 4.78 is 17.0. The van der Waals surface area contributed by atoms with Gasteiger partial charge >= 0.3 is 17.9 Å². The van der Waals surface area contributed by atoms with Crippen LogP contribution in [0.2, 0.25) is 0 Å². The lowest BCUT2D eigenvalue weighted by Gasteiger charge is -2.18. The third-order valence-corrected chi connectivity index (χ3v) is 15.8. The highest BCUT2D eigenvalue weighted by molar-refractivity contribution is 5.71. The lowest BCUT2D eigenvalue weighted by Crippen LogP contribution is -2.30. The highest BCUT2D eigenvalue weighted by atomic mass is 16.6. The molecule has 0 aliphatic carbocycles. The summed E-state index contributed by atoms with van der Waals surface area (Å²) in [7, 11) is 0. The van der Waals surface area contributed by atoms with Gasteiger partial charge in [0.2, 0.25) is 0 Å². The number of carbonyl (C=O) groups excluding carboxylic acids is 3. The Morgan fingerprint density at radius 1 is 0.253 bits per heavy atom. The number of hydrogen-bond acceptors (Lipinski definition) is 6. The zero-order valence-electron chi connectivity index (χ0n) is 53.2. The van der Waals surface area contributed by atoms with Crippen LogP contribution in [0.3, 0.4) is 0 Å². The van der Waals surface area contributed by atoms with E-state index in [1.54, 1.807) is 0 Å². The minimum absolute atomic E-state index is 0.0773. The van der Waals surface area contributed by atoms with Crippen LogP contribution in [-0.2, 0) is 28.6 Å². The molecular formula is C73H134O6. The Morgan fingerprint density at radius 2 is 0.456 bits per heavy atom. The number of rotatable bonds is 65. The van der Waals surface area contributed by atoms with E-state index in [4.69, 9.17) is 14.2 Å². The number of hydrogen-bond donors (Lipinski definition) is 0. The molecule has 0 aromatic heterocycles. The summed E-state index contributed by atoms with van der Waals surface area (Å²) in [6.45, 7) is 6.64. The number of unbranched alkanes of at least 4 members (excludes halogenated alkanes) is 46. The average molecular weight is 1110 g/mol. The largest absolute Gasteiger partial charge is 0.462 e. The number of allylic oxidation sites excluding steroid dienone is 8. The Bertz CT molecular complexity index is 1360.